The van der Waals surface area contributed by atoms with Crippen LogP contribution in [0.4, 0.5) is 0 Å². The van der Waals surface area contributed by atoms with Gasteiger partial charge in [0.1, 0.15) is 44.4 Å². The van der Waals surface area contributed by atoms with Gasteiger partial charge >= 0.3 is 0 Å². The summed E-state index contributed by atoms with van der Waals surface area (Å²) in [6.45, 7) is 8.10. The summed E-state index contributed by atoms with van der Waals surface area (Å²) in [5.41, 5.74) is 1.80. The number of fused-ring (bicyclic) bond motifs is 3. The number of oxazole rings is 1. The molecule has 2 aromatic carbocycles. The molecule has 0 amide bonds. The number of aromatic nitrogens is 1. The Labute approximate surface area is 230 Å². The molecule has 0 fully saturated rings. The number of rotatable bonds is 8. The lowest BCUT2D eigenvalue weighted by molar-refractivity contribution is 0.158. The normalized spacial score (nSPS) is 13.8. The molecule has 1 aliphatic rings. The van der Waals surface area contributed by atoms with Crippen LogP contribution in [-0.4, -0.2) is 35.7 Å². The molecular weight excluding hydrogens is 518 g/mol. The predicted octanol–water partition coefficient (Wildman–Crippen LogP) is 6.68. The molecule has 1 N–H and O–H groups in total. The zero-order chi connectivity index (χ0) is 27.9. The summed E-state index contributed by atoms with van der Waals surface area (Å²) in [7, 11) is 1.54. The van der Waals surface area contributed by atoms with Crippen LogP contribution in [0.3, 0.4) is 0 Å². The van der Waals surface area contributed by atoms with Crippen LogP contribution < -0.4 is 19.6 Å². The fourth-order valence-electron chi connectivity index (χ4n) is 4.70. The van der Waals surface area contributed by atoms with Gasteiger partial charge in [0.25, 0.3) is 0 Å². The van der Waals surface area contributed by atoms with Gasteiger partial charge < -0.3 is 28.2 Å². The second kappa shape index (κ2) is 10.4. The van der Waals surface area contributed by atoms with E-state index in [0.717, 1.165) is 16.4 Å². The van der Waals surface area contributed by atoms with E-state index >= 15 is 0 Å². The molecule has 0 bridgehead atoms. The van der Waals surface area contributed by atoms with Crippen LogP contribution in [0.25, 0.3) is 28.0 Å². The van der Waals surface area contributed by atoms with Crippen molar-refractivity contribution in [3.63, 3.8) is 0 Å². The molecule has 4 aromatic rings. The highest BCUT2D eigenvalue weighted by Gasteiger charge is 2.28. The third-order valence-corrected chi connectivity index (χ3v) is 7.29. The number of aromatic hydroxyl groups is 1. The van der Waals surface area contributed by atoms with Gasteiger partial charge in [-0.05, 0) is 52.5 Å². The van der Waals surface area contributed by atoms with Gasteiger partial charge in [0.15, 0.2) is 17.9 Å². The number of benzene rings is 2. The van der Waals surface area contributed by atoms with Crippen LogP contribution in [0.2, 0.25) is 0 Å². The van der Waals surface area contributed by atoms with Gasteiger partial charge in [-0.25, -0.2) is 4.98 Å². The maximum absolute atomic E-state index is 14.0. The first-order valence-corrected chi connectivity index (χ1v) is 13.8. The third-order valence-electron chi connectivity index (χ3n) is 6.57. The van der Waals surface area contributed by atoms with Gasteiger partial charge in [-0.15, -0.1) is 11.8 Å². The number of hydrogen-bond acceptors (Lipinski definition) is 9. The Morgan fingerprint density at radius 3 is 2.69 bits per heavy atom. The molecule has 0 saturated heterocycles. The number of phenols is 1. The van der Waals surface area contributed by atoms with Crippen LogP contribution in [-0.2, 0) is 12.8 Å². The van der Waals surface area contributed by atoms with Crippen molar-refractivity contribution < 1.29 is 28.2 Å². The molecule has 5 rings (SSSR count). The highest BCUT2D eigenvalue weighted by Crippen LogP contribution is 2.43. The number of methoxy groups -OCH3 is 1. The molecule has 0 radical (unpaired) electrons. The summed E-state index contributed by atoms with van der Waals surface area (Å²) >= 11 is 1.51. The first kappa shape index (κ1) is 26.7. The zero-order valence-corrected chi connectivity index (χ0v) is 23.7. The van der Waals surface area contributed by atoms with Crippen molar-refractivity contribution in [1.29, 1.82) is 0 Å². The summed E-state index contributed by atoms with van der Waals surface area (Å²) in [6, 6.07) is 3.32. The van der Waals surface area contributed by atoms with Crippen molar-refractivity contribution in [3.05, 3.63) is 63.4 Å². The maximum Gasteiger partial charge on any atom is 0.204 e. The lowest BCUT2D eigenvalue weighted by atomic mass is 9.97. The molecule has 0 saturated carbocycles. The van der Waals surface area contributed by atoms with Gasteiger partial charge in [0, 0.05) is 24.1 Å². The van der Waals surface area contributed by atoms with E-state index in [1.54, 1.807) is 25.3 Å². The molecule has 3 heterocycles. The summed E-state index contributed by atoms with van der Waals surface area (Å²) in [5.74, 6) is 1.89. The van der Waals surface area contributed by atoms with Crippen molar-refractivity contribution in [2.45, 2.75) is 51.2 Å². The maximum atomic E-state index is 14.0. The fourth-order valence-corrected chi connectivity index (χ4v) is 5.23. The minimum absolute atomic E-state index is 0.0956. The second-order valence-electron chi connectivity index (χ2n) is 10.1. The van der Waals surface area contributed by atoms with Crippen molar-refractivity contribution in [2.24, 2.45) is 0 Å². The first-order chi connectivity index (χ1) is 18.6. The van der Waals surface area contributed by atoms with Crippen LogP contribution in [0.1, 0.15) is 44.6 Å². The van der Waals surface area contributed by atoms with E-state index in [1.807, 2.05) is 46.1 Å². The molecule has 9 heteroatoms. The zero-order valence-electron chi connectivity index (χ0n) is 22.8. The van der Waals surface area contributed by atoms with Gasteiger partial charge in [-0.1, -0.05) is 11.6 Å². The summed E-state index contributed by atoms with van der Waals surface area (Å²) in [4.78, 5) is 18.2. The molecule has 2 aromatic heterocycles. The summed E-state index contributed by atoms with van der Waals surface area (Å²) in [6.07, 6.45) is 9.90. The average Bonchev–Trinajstić information content (AvgIpc) is 3.33. The molecule has 0 spiro atoms. The Hall–Kier alpha value is -3.85. The third kappa shape index (κ3) is 4.98. The quantitative estimate of drug-likeness (QED) is 0.146. The first-order valence-electron chi connectivity index (χ1n) is 12.6. The van der Waals surface area contributed by atoms with E-state index in [1.165, 1.54) is 18.2 Å². The molecule has 0 unspecified atom stereocenters. The molecule has 0 aliphatic carbocycles. The Morgan fingerprint density at radius 1 is 1.21 bits per heavy atom. The molecule has 204 valence electrons. The van der Waals surface area contributed by atoms with Gasteiger partial charge in [-0.2, -0.15) is 0 Å². The number of thioether (sulfide) groups is 1. The van der Waals surface area contributed by atoms with Crippen molar-refractivity contribution in [1.82, 2.24) is 4.98 Å². The van der Waals surface area contributed by atoms with E-state index < -0.39 is 5.60 Å². The van der Waals surface area contributed by atoms with Crippen LogP contribution in [0.15, 0.2) is 54.9 Å². The Bertz CT molecular complexity index is 1690. The minimum Gasteiger partial charge on any atom is -0.506 e. The molecular formula is C30H31NO7S. The standard InChI is InChI=1S/C30H31NO7S/c1-16(2)7-8-18-24-21(14-23(28(18)34-5)35-12-10-19-29(39-6)31-15-36-19)37-22-13-20-17(9-11-30(3,4)38-20)26(32)25(22)27(24)33/h7,9,11,13-15,32H,8,10,12H2,1-6H3. The topological polar surface area (TPSA) is 104 Å². The van der Waals surface area contributed by atoms with Gasteiger partial charge in [0.05, 0.1) is 24.7 Å². The van der Waals surface area contributed by atoms with E-state index in [0.29, 0.717) is 58.8 Å². The average molecular weight is 550 g/mol. The lowest BCUT2D eigenvalue weighted by Crippen LogP contribution is -2.27. The largest absolute Gasteiger partial charge is 0.506 e. The minimum atomic E-state index is -0.560. The molecule has 8 nitrogen and oxygen atoms in total. The summed E-state index contributed by atoms with van der Waals surface area (Å²) in [5, 5.41) is 12.4. The Kier molecular flexibility index (Phi) is 7.11. The van der Waals surface area contributed by atoms with Crippen LogP contribution >= 0.6 is 11.8 Å². The van der Waals surface area contributed by atoms with E-state index in [2.05, 4.69) is 4.98 Å². The fraction of sp³-hybridized carbons (Fsp3) is 0.333. The van der Waals surface area contributed by atoms with Crippen LogP contribution in [0, 0.1) is 0 Å². The van der Waals surface area contributed by atoms with Gasteiger partial charge in [-0.3, -0.25) is 4.79 Å². The highest BCUT2D eigenvalue weighted by molar-refractivity contribution is 7.98. The van der Waals surface area contributed by atoms with Gasteiger partial charge in [0.2, 0.25) is 5.43 Å². The van der Waals surface area contributed by atoms with Crippen molar-refractivity contribution >= 4 is 39.8 Å². The van der Waals surface area contributed by atoms with Crippen molar-refractivity contribution in [2.75, 3.05) is 20.0 Å². The van der Waals surface area contributed by atoms with E-state index in [4.69, 9.17) is 23.0 Å². The SMILES string of the molecule is COc1c(OCCc2ocnc2SC)cc2oc3cc4c(c(O)c3c(=O)c2c1CC=C(C)C)C=CC(C)(C)O4. The Balaban J connectivity index is 1.69. The lowest BCUT2D eigenvalue weighted by Gasteiger charge is -2.28. The number of allylic oxidation sites excluding steroid dienone is 2. The van der Waals surface area contributed by atoms with Crippen molar-refractivity contribution in [3.8, 4) is 23.0 Å². The smallest absolute Gasteiger partial charge is 0.204 e. The summed E-state index contributed by atoms with van der Waals surface area (Å²) < 4.78 is 29.8. The number of phenolic OH excluding ortho intramolecular Hbond substituents is 1. The molecule has 39 heavy (non-hydrogen) atoms. The second-order valence-corrected chi connectivity index (χ2v) is 10.9. The molecule has 0 atom stereocenters. The van der Waals surface area contributed by atoms with Crippen LogP contribution in [0.5, 0.6) is 23.0 Å². The Morgan fingerprint density at radius 2 is 1.97 bits per heavy atom. The molecule has 1 aliphatic heterocycles. The predicted molar refractivity (Wildman–Crippen MR) is 153 cm³/mol. The number of ether oxygens (including phenoxy) is 3. The van der Waals surface area contributed by atoms with E-state index in [9.17, 15) is 9.90 Å². The highest BCUT2D eigenvalue weighted by atomic mass is 32.2. The number of nitrogens with zero attached hydrogens (tertiary/aromatic N) is 1. The number of hydrogen-bond donors (Lipinski definition) is 1. The monoisotopic (exact) mass is 549 g/mol. The van der Waals surface area contributed by atoms with E-state index in [-0.39, 0.29) is 22.1 Å².